The summed E-state index contributed by atoms with van der Waals surface area (Å²) < 4.78 is 193. The van der Waals surface area contributed by atoms with Gasteiger partial charge < -0.3 is 75.1 Å². The topological polar surface area (TPSA) is 472 Å². The van der Waals surface area contributed by atoms with Crippen molar-refractivity contribution in [2.75, 3.05) is 89.9 Å². The number of rotatable bonds is 15. The van der Waals surface area contributed by atoms with Crippen molar-refractivity contribution < 1.29 is 129 Å². The maximum Gasteiger partial charge on any atom is 0.494 e. The molecule has 0 spiro atoms. The number of alkyl halides is 13. The second-order valence-electron chi connectivity index (χ2n) is 26.8. The Kier molecular flexibility index (Phi) is 31.1. The van der Waals surface area contributed by atoms with Crippen molar-refractivity contribution in [3.8, 4) is 39.9 Å². The Labute approximate surface area is 723 Å². The number of nitrogen functional groups attached to an aromatic ring is 3. The summed E-state index contributed by atoms with van der Waals surface area (Å²) in [4.78, 5) is 109. The van der Waals surface area contributed by atoms with E-state index in [2.05, 4.69) is 108 Å². The van der Waals surface area contributed by atoms with E-state index in [0.29, 0.717) is 45.8 Å². The molecule has 9 N–H and O–H groups in total. The van der Waals surface area contributed by atoms with Gasteiger partial charge in [-0.25, -0.2) is 29.9 Å². The van der Waals surface area contributed by atoms with Gasteiger partial charge >= 0.3 is 55.7 Å². The minimum absolute atomic E-state index is 0.00313. The van der Waals surface area contributed by atoms with Crippen LogP contribution in [0.1, 0.15) is 95.4 Å². The first kappa shape index (κ1) is 96.2. The molecule has 7 aromatic heterocycles. The van der Waals surface area contributed by atoms with E-state index in [1.807, 2.05) is 57.1 Å². The zero-order valence-electron chi connectivity index (χ0n) is 65.7. The Morgan fingerprint density at radius 3 is 1.14 bits per heavy atom. The molecule has 0 bridgehead atoms. The van der Waals surface area contributed by atoms with E-state index in [1.54, 1.807) is 18.7 Å². The predicted molar refractivity (Wildman–Crippen MR) is 427 cm³/mol. The number of nitrogens with two attached hydrogens (primary N) is 3. The number of amides is 3. The zero-order chi connectivity index (χ0) is 92.0. The van der Waals surface area contributed by atoms with Crippen LogP contribution in [-0.4, -0.2) is 198 Å². The van der Waals surface area contributed by atoms with Gasteiger partial charge in [-0.15, -0.1) is 0 Å². The van der Waals surface area contributed by atoms with E-state index in [-0.39, 0.29) is 134 Å². The van der Waals surface area contributed by atoms with Gasteiger partial charge in [0.15, 0.2) is 22.8 Å². The monoisotopic (exact) mass is 1960 g/mol. The van der Waals surface area contributed by atoms with Gasteiger partial charge in [-0.05, 0) is 126 Å². The average Bonchev–Trinajstić information content (AvgIpc) is 1.56. The molecular formula is C73H70BBr3F12N20O16. The standard InChI is InChI=1S/C19H23BN4O4.2C19H15F3N6O4.C8H8BrF3N2O2.C4H2BrF3N2.C4H7BrO2/c1-18(2)19(3,4)28-20(27-18)12-5-7-13(8-6-12)24-9-10-26-16-14(17(24)25)15(21)22-11-23-16;2*20-19(21,22)15-12(7-27(26-15)8-13(29)30)10-1-3-11(4-2-10)28-5-6-32-17-14(18(28)31)16(23)24-9-25-17;1-2-16-6(15)4-14-3-5(9)7(13-14)8(10,11)12;5-2-1-9-10-3(2)4(6,7)8;1-2-7-4(6)3-5/h5-8,11H,9-10H2,1-4H3,(H2,21,22,23);2*1-4,7,9H,5-6,8H2,(H,29,30)(H2,23,24,25);3H,2,4H2,1H3;1H,(H,9,10);2-3H2,1H3. The molecule has 4 aliphatic rings. The third kappa shape index (κ3) is 24.3. The SMILES string of the molecule is CC1(C)OB(c2ccc(N3CCOc4ncnc(N)c4C3=O)cc2)OC1(C)C.CCOC(=O)CBr.CCOC(=O)Cn1cc(Br)c(C(F)(F)F)n1.FC(F)(F)c1[nH]ncc1Br.Nc1ncnc2c1C(=O)N(c1ccc(-c3cn(CC(=O)O)nc3C(F)(F)F)cc1)CCO2.Nc1ncnc2c1C(=O)N(c1ccc(-c3cn(CC(=O)O)nc3C(F)(F)F)cc1)CCO2. The van der Waals surface area contributed by atoms with E-state index in [4.69, 9.17) is 50.9 Å². The van der Waals surface area contributed by atoms with E-state index in [1.165, 1.54) is 77.3 Å². The van der Waals surface area contributed by atoms with E-state index in [9.17, 15) is 86.2 Å². The number of carbonyl (C=O) groups is 7. The number of H-pyrrole nitrogens is 1. The van der Waals surface area contributed by atoms with Crippen LogP contribution in [0.3, 0.4) is 0 Å². The molecule has 0 radical (unpaired) electrons. The third-order valence-corrected chi connectivity index (χ3v) is 19.4. The molecule has 52 heteroatoms. The predicted octanol–water partition coefficient (Wildman–Crippen LogP) is 10.9. The largest absolute Gasteiger partial charge is 0.494 e. The van der Waals surface area contributed by atoms with Crippen LogP contribution >= 0.6 is 47.8 Å². The summed E-state index contributed by atoms with van der Waals surface area (Å²) in [5, 5.41) is 33.0. The quantitative estimate of drug-likeness (QED) is 0.0240. The van der Waals surface area contributed by atoms with Crippen molar-refractivity contribution >= 4 is 136 Å². The Hall–Kier alpha value is -12.6. The summed E-state index contributed by atoms with van der Waals surface area (Å²) in [6.45, 7) is 11.5. The van der Waals surface area contributed by atoms with Crippen molar-refractivity contribution in [1.29, 1.82) is 0 Å². The number of hydrogen-bond acceptors (Lipinski definition) is 27. The maximum atomic E-state index is 13.4. The highest BCUT2D eigenvalue weighted by molar-refractivity contribution is 9.11. The number of nitrogens with one attached hydrogen (secondary N) is 1. The lowest BCUT2D eigenvalue weighted by atomic mass is 9.79. The molecule has 125 heavy (non-hydrogen) atoms. The van der Waals surface area contributed by atoms with Crippen LogP contribution in [0, 0.1) is 0 Å². The lowest BCUT2D eigenvalue weighted by molar-refractivity contribution is -0.146. The lowest BCUT2D eigenvalue weighted by Crippen LogP contribution is -2.41. The van der Waals surface area contributed by atoms with Crippen LogP contribution in [0.2, 0.25) is 0 Å². The summed E-state index contributed by atoms with van der Waals surface area (Å²) in [6, 6.07) is 18.9. The van der Waals surface area contributed by atoms with E-state index < -0.39 is 109 Å². The van der Waals surface area contributed by atoms with Crippen molar-refractivity contribution in [3.63, 3.8) is 0 Å². The fourth-order valence-corrected chi connectivity index (χ4v) is 12.6. The maximum absolute atomic E-state index is 13.4. The van der Waals surface area contributed by atoms with Crippen LogP contribution in [0.5, 0.6) is 17.6 Å². The fourth-order valence-electron chi connectivity index (χ4n) is 11.5. The number of aromatic nitrogens is 14. The van der Waals surface area contributed by atoms with Gasteiger partial charge in [-0.1, -0.05) is 52.3 Å². The molecule has 11 heterocycles. The van der Waals surface area contributed by atoms with Gasteiger partial charge in [-0.2, -0.15) is 73.1 Å². The van der Waals surface area contributed by atoms with Gasteiger partial charge in [0, 0.05) is 46.8 Å². The highest BCUT2D eigenvalue weighted by atomic mass is 79.9. The van der Waals surface area contributed by atoms with Crippen LogP contribution in [-0.2, 0) is 82.3 Å². The van der Waals surface area contributed by atoms with Crippen molar-refractivity contribution in [3.05, 3.63) is 165 Å². The van der Waals surface area contributed by atoms with E-state index in [0.717, 1.165) is 40.6 Å². The Morgan fingerprint density at radius 2 is 0.840 bits per heavy atom. The number of benzene rings is 3. The number of fused-ring (bicyclic) bond motifs is 3. The van der Waals surface area contributed by atoms with E-state index >= 15 is 0 Å². The lowest BCUT2D eigenvalue weighted by Gasteiger charge is -2.32. The second-order valence-corrected chi connectivity index (χ2v) is 29.1. The fraction of sp³-hybridized carbons (Fsp3) is 0.329. The van der Waals surface area contributed by atoms with Crippen molar-refractivity contribution in [2.24, 2.45) is 0 Å². The molecule has 666 valence electrons. The number of aliphatic carboxylic acids is 2. The van der Waals surface area contributed by atoms with Gasteiger partial charge in [0.1, 0.15) is 97.9 Å². The van der Waals surface area contributed by atoms with Gasteiger partial charge in [-0.3, -0.25) is 52.7 Å². The number of anilines is 6. The number of hydrogen-bond donors (Lipinski definition) is 6. The first-order valence-corrected chi connectivity index (χ1v) is 38.8. The highest BCUT2D eigenvalue weighted by Gasteiger charge is 2.52. The summed E-state index contributed by atoms with van der Waals surface area (Å²) in [6.07, 6.45) is -10.6. The van der Waals surface area contributed by atoms with Crippen molar-refractivity contribution in [2.45, 2.75) is 97.1 Å². The molecule has 36 nitrogen and oxygen atoms in total. The normalized spacial score (nSPS) is 14.6. The number of ether oxygens (including phenoxy) is 5. The Bertz CT molecular complexity index is 5330. The second kappa shape index (κ2) is 40.4. The number of carboxylic acid groups (broad SMARTS) is 2. The molecule has 0 saturated carbocycles. The Balaban J connectivity index is 0.000000180. The minimum atomic E-state index is -4.78. The number of carbonyl (C=O) groups excluding carboxylic acids is 5. The van der Waals surface area contributed by atoms with Gasteiger partial charge in [0.05, 0.1) is 59.2 Å². The molecule has 0 aliphatic carbocycles. The molecule has 0 atom stereocenters. The Morgan fingerprint density at radius 1 is 0.496 bits per heavy atom. The molecule has 14 rings (SSSR count). The van der Waals surface area contributed by atoms with Crippen LogP contribution in [0.15, 0.2) is 126 Å². The number of aromatic amines is 1. The van der Waals surface area contributed by atoms with Crippen LogP contribution in [0.25, 0.3) is 22.3 Å². The summed E-state index contributed by atoms with van der Waals surface area (Å²) >= 11 is 8.36. The molecular weight excluding hydrogens is 1890 g/mol. The number of halogens is 15. The smallest absolute Gasteiger partial charge is 0.480 e. The molecule has 4 aliphatic heterocycles. The number of esters is 2. The van der Waals surface area contributed by atoms with Gasteiger partial charge in [0.2, 0.25) is 17.6 Å². The molecule has 1 fully saturated rings. The first-order chi connectivity index (χ1) is 58.7. The van der Waals surface area contributed by atoms with Crippen LogP contribution in [0.4, 0.5) is 87.2 Å². The summed E-state index contributed by atoms with van der Waals surface area (Å²) in [5.74, 6) is -4.45. The average molecular weight is 1960 g/mol. The minimum Gasteiger partial charge on any atom is -0.480 e. The van der Waals surface area contributed by atoms with Crippen molar-refractivity contribution in [1.82, 2.24) is 69.4 Å². The summed E-state index contributed by atoms with van der Waals surface area (Å²) in [5.41, 5.74) is 14.7. The number of carboxylic acids is 2. The van der Waals surface area contributed by atoms with Crippen LogP contribution < -0.4 is 51.6 Å². The molecule has 3 amide bonds. The molecule has 1 saturated heterocycles. The van der Waals surface area contributed by atoms with Gasteiger partial charge in [0.25, 0.3) is 17.7 Å². The zero-order valence-corrected chi connectivity index (χ0v) is 70.5. The molecule has 0 unspecified atom stereocenters. The summed E-state index contributed by atoms with van der Waals surface area (Å²) in [7, 11) is -0.452. The highest BCUT2D eigenvalue weighted by Crippen LogP contribution is 2.42. The number of nitrogens with zero attached hydrogens (tertiary/aromatic N) is 16. The first-order valence-electron chi connectivity index (χ1n) is 36.1. The molecule has 3 aromatic carbocycles. The molecule has 10 aromatic rings. The third-order valence-electron chi connectivity index (χ3n) is 17.8.